The largest absolute Gasteiger partial charge is 0.388 e. The molecule has 0 aromatic rings. The highest BCUT2D eigenvalue weighted by molar-refractivity contribution is 5.09. The molecule has 0 radical (unpaired) electrons. The topological polar surface area (TPSA) is 24.1 Å². The lowest BCUT2D eigenvalue weighted by atomic mass is 9.92. The van der Waals surface area contributed by atoms with E-state index in [0.717, 1.165) is 13.1 Å². The molecule has 0 bridgehead atoms. The Kier molecular flexibility index (Phi) is 1.88. The number of allylic oxidation sites excluding steroid dienone is 1. The molecule has 0 saturated heterocycles. The van der Waals surface area contributed by atoms with E-state index in [0.29, 0.717) is 0 Å². The van der Waals surface area contributed by atoms with E-state index in [4.69, 9.17) is 0 Å². The molecule has 0 unspecified atom stereocenters. The fraction of sp³-hybridized carbons (Fsp3) is 0.750. The zero-order valence-electron chi connectivity index (χ0n) is 6.99. The van der Waals surface area contributed by atoms with E-state index in [-0.39, 0.29) is 5.41 Å². The first-order chi connectivity index (χ1) is 4.61. The molecular weight excluding hydrogens is 124 g/mol. The van der Waals surface area contributed by atoms with Crippen molar-refractivity contribution in [3.8, 4) is 0 Å². The minimum absolute atomic E-state index is 0.257. The van der Waals surface area contributed by atoms with Crippen LogP contribution >= 0.6 is 0 Å². The van der Waals surface area contributed by atoms with Crippen LogP contribution in [0.1, 0.15) is 20.8 Å². The van der Waals surface area contributed by atoms with Crippen LogP contribution in [0.3, 0.4) is 0 Å². The van der Waals surface area contributed by atoms with Crippen molar-refractivity contribution in [2.75, 3.05) is 13.1 Å². The van der Waals surface area contributed by atoms with Gasteiger partial charge in [0.1, 0.15) is 0 Å². The molecule has 2 N–H and O–H groups in total. The van der Waals surface area contributed by atoms with Crippen molar-refractivity contribution in [3.63, 3.8) is 0 Å². The fourth-order valence-corrected chi connectivity index (χ4v) is 0.976. The van der Waals surface area contributed by atoms with Crippen LogP contribution in [-0.4, -0.2) is 13.1 Å². The van der Waals surface area contributed by atoms with Crippen LogP contribution in [0, 0.1) is 5.41 Å². The van der Waals surface area contributed by atoms with Crippen molar-refractivity contribution in [2.45, 2.75) is 20.8 Å². The van der Waals surface area contributed by atoms with E-state index in [1.807, 2.05) is 0 Å². The summed E-state index contributed by atoms with van der Waals surface area (Å²) in [5.41, 5.74) is 1.56. The van der Waals surface area contributed by atoms with Crippen LogP contribution in [-0.2, 0) is 0 Å². The van der Waals surface area contributed by atoms with Crippen molar-refractivity contribution >= 4 is 0 Å². The third-order valence-corrected chi connectivity index (χ3v) is 1.64. The number of hydrogen-bond donors (Lipinski definition) is 2. The molecule has 0 saturated carbocycles. The average molecular weight is 140 g/mol. The van der Waals surface area contributed by atoms with Gasteiger partial charge in [-0.25, -0.2) is 0 Å². The van der Waals surface area contributed by atoms with E-state index in [2.05, 4.69) is 37.6 Å². The number of hydrogen-bond acceptors (Lipinski definition) is 2. The first-order valence-corrected chi connectivity index (χ1v) is 3.78. The summed E-state index contributed by atoms with van der Waals surface area (Å²) in [6.45, 7) is 8.71. The second-order valence-corrected chi connectivity index (χ2v) is 3.69. The molecular formula is C8H16N2. The van der Waals surface area contributed by atoms with Crippen molar-refractivity contribution in [3.05, 3.63) is 11.9 Å². The molecule has 1 rings (SSSR count). The van der Waals surface area contributed by atoms with Crippen molar-refractivity contribution < 1.29 is 0 Å². The second kappa shape index (κ2) is 2.52. The maximum absolute atomic E-state index is 3.36. The van der Waals surface area contributed by atoms with E-state index in [1.165, 1.54) is 5.70 Å². The van der Waals surface area contributed by atoms with Gasteiger partial charge >= 0.3 is 0 Å². The molecule has 0 spiro atoms. The Morgan fingerprint density at radius 1 is 1.30 bits per heavy atom. The molecule has 0 fully saturated rings. The van der Waals surface area contributed by atoms with Crippen LogP contribution in [0.2, 0.25) is 0 Å². The van der Waals surface area contributed by atoms with E-state index in [9.17, 15) is 0 Å². The molecule has 1 aliphatic rings. The summed E-state index contributed by atoms with van der Waals surface area (Å²) in [6.07, 6.45) is 2.07. The molecule has 0 atom stereocenters. The predicted molar refractivity (Wildman–Crippen MR) is 43.5 cm³/mol. The molecule has 0 aromatic heterocycles. The monoisotopic (exact) mass is 140 g/mol. The molecule has 1 heterocycles. The highest BCUT2D eigenvalue weighted by Crippen LogP contribution is 2.22. The Morgan fingerprint density at radius 2 is 2.00 bits per heavy atom. The van der Waals surface area contributed by atoms with Crippen LogP contribution in [0.25, 0.3) is 0 Å². The summed E-state index contributed by atoms with van der Waals surface area (Å²) in [6, 6.07) is 0. The maximum atomic E-state index is 3.36. The molecule has 0 amide bonds. The Labute approximate surface area is 62.7 Å². The Hall–Kier alpha value is -0.660. The molecule has 10 heavy (non-hydrogen) atoms. The zero-order chi connectivity index (χ0) is 7.61. The second-order valence-electron chi connectivity index (χ2n) is 3.69. The summed E-state index contributed by atoms with van der Waals surface area (Å²) in [5.74, 6) is 0. The molecule has 0 aromatic carbocycles. The summed E-state index contributed by atoms with van der Waals surface area (Å²) in [4.78, 5) is 0. The summed E-state index contributed by atoms with van der Waals surface area (Å²) < 4.78 is 0. The Balaban J connectivity index is 2.62. The van der Waals surface area contributed by atoms with Crippen LogP contribution in [0.5, 0.6) is 0 Å². The Morgan fingerprint density at radius 3 is 2.30 bits per heavy atom. The van der Waals surface area contributed by atoms with Crippen molar-refractivity contribution in [2.24, 2.45) is 5.41 Å². The van der Waals surface area contributed by atoms with Crippen LogP contribution < -0.4 is 10.6 Å². The minimum Gasteiger partial charge on any atom is -0.388 e. The first-order valence-electron chi connectivity index (χ1n) is 3.78. The van der Waals surface area contributed by atoms with Gasteiger partial charge in [-0.1, -0.05) is 20.8 Å². The van der Waals surface area contributed by atoms with Crippen LogP contribution in [0.4, 0.5) is 0 Å². The summed E-state index contributed by atoms with van der Waals surface area (Å²) in [7, 11) is 0. The van der Waals surface area contributed by atoms with Gasteiger partial charge in [0, 0.05) is 30.4 Å². The van der Waals surface area contributed by atoms with Gasteiger partial charge in [-0.2, -0.15) is 0 Å². The minimum atomic E-state index is 0.257. The molecule has 0 aliphatic carbocycles. The lowest BCUT2D eigenvalue weighted by molar-refractivity contribution is 0.442. The quantitative estimate of drug-likeness (QED) is 0.526. The summed E-state index contributed by atoms with van der Waals surface area (Å²) in [5, 5.41) is 6.57. The normalized spacial score (nSPS) is 18.9. The van der Waals surface area contributed by atoms with Crippen LogP contribution in [0.15, 0.2) is 11.9 Å². The zero-order valence-corrected chi connectivity index (χ0v) is 6.99. The predicted octanol–water partition coefficient (Wildman–Crippen LogP) is 1.07. The fourth-order valence-electron chi connectivity index (χ4n) is 0.976. The molecule has 2 nitrogen and oxygen atoms in total. The van der Waals surface area contributed by atoms with Gasteiger partial charge in [-0.15, -0.1) is 0 Å². The summed E-state index contributed by atoms with van der Waals surface area (Å²) >= 11 is 0. The Bertz CT molecular complexity index is 142. The highest BCUT2D eigenvalue weighted by atomic mass is 15.0. The molecule has 2 heteroatoms. The molecule has 58 valence electrons. The SMILES string of the molecule is CC(C)(C)C1=CNCCN1. The van der Waals surface area contributed by atoms with E-state index >= 15 is 0 Å². The van der Waals surface area contributed by atoms with Gasteiger partial charge in [0.05, 0.1) is 0 Å². The van der Waals surface area contributed by atoms with Gasteiger partial charge in [0.15, 0.2) is 0 Å². The molecule has 1 aliphatic heterocycles. The van der Waals surface area contributed by atoms with Gasteiger partial charge < -0.3 is 10.6 Å². The average Bonchev–Trinajstić information content (AvgIpc) is 1.88. The number of nitrogens with one attached hydrogen (secondary N) is 2. The maximum Gasteiger partial charge on any atom is 0.0321 e. The third-order valence-electron chi connectivity index (χ3n) is 1.64. The van der Waals surface area contributed by atoms with Gasteiger partial charge in [0.25, 0.3) is 0 Å². The highest BCUT2D eigenvalue weighted by Gasteiger charge is 2.17. The van der Waals surface area contributed by atoms with Gasteiger partial charge in [-0.3, -0.25) is 0 Å². The van der Waals surface area contributed by atoms with E-state index < -0.39 is 0 Å². The van der Waals surface area contributed by atoms with E-state index in [1.54, 1.807) is 0 Å². The van der Waals surface area contributed by atoms with Crippen molar-refractivity contribution in [1.29, 1.82) is 0 Å². The van der Waals surface area contributed by atoms with Gasteiger partial charge in [0.2, 0.25) is 0 Å². The lowest BCUT2D eigenvalue weighted by Gasteiger charge is -2.27. The lowest BCUT2D eigenvalue weighted by Crippen LogP contribution is -2.36. The van der Waals surface area contributed by atoms with Crippen molar-refractivity contribution in [1.82, 2.24) is 10.6 Å². The third kappa shape index (κ3) is 1.66. The number of rotatable bonds is 0. The smallest absolute Gasteiger partial charge is 0.0321 e. The standard InChI is InChI=1S/C8H16N2/c1-8(2,3)7-6-9-4-5-10-7/h6,9-10H,4-5H2,1-3H3. The van der Waals surface area contributed by atoms with Gasteiger partial charge in [-0.05, 0) is 0 Å². The first kappa shape index (κ1) is 7.45.